The molecule has 0 aliphatic heterocycles. The molecule has 0 radical (unpaired) electrons. The molecule has 0 fully saturated rings. The van der Waals surface area contributed by atoms with Gasteiger partial charge in [0.2, 0.25) is 0 Å². The monoisotopic (exact) mass is 308 g/mol. The van der Waals surface area contributed by atoms with E-state index < -0.39 is 0 Å². The fourth-order valence-electron chi connectivity index (χ4n) is 2.53. The smallest absolute Gasteiger partial charge is 0.357 e. The lowest BCUT2D eigenvalue weighted by Gasteiger charge is -2.23. The quantitative estimate of drug-likeness (QED) is 0.877. The van der Waals surface area contributed by atoms with Crippen LogP contribution in [0.1, 0.15) is 44.7 Å². The molecule has 0 saturated carbocycles. The second-order valence-electron chi connectivity index (χ2n) is 4.80. The number of hydrogen-bond acceptors (Lipinski definition) is 6. The third kappa shape index (κ3) is 2.45. The molecule has 20 heavy (non-hydrogen) atoms. The van der Waals surface area contributed by atoms with E-state index in [-0.39, 0.29) is 5.97 Å². The first-order valence-electron chi connectivity index (χ1n) is 6.57. The van der Waals surface area contributed by atoms with Gasteiger partial charge in [0.1, 0.15) is 0 Å². The molecule has 0 bridgehead atoms. The summed E-state index contributed by atoms with van der Waals surface area (Å²) in [5.74, 6) is -0.369. The third-order valence-corrected chi connectivity index (χ3v) is 5.42. The standard InChI is InChI=1S/C14H16N2O2S2/c1-8-12(13(17)18-2)16-14(20-8)15-10-4-3-5-11-9(10)6-7-19-11/h6-7,10H,3-5H2,1-2H3,(H,15,16). The Labute approximate surface area is 125 Å². The Morgan fingerprint density at radius 2 is 2.40 bits per heavy atom. The van der Waals surface area contributed by atoms with Crippen LogP contribution in [0.3, 0.4) is 0 Å². The van der Waals surface area contributed by atoms with Crippen molar-refractivity contribution in [3.05, 3.63) is 32.5 Å². The number of thiophene rings is 1. The molecule has 2 aromatic rings. The van der Waals surface area contributed by atoms with Gasteiger partial charge in [0.15, 0.2) is 10.8 Å². The summed E-state index contributed by atoms with van der Waals surface area (Å²) in [6, 6.07) is 2.50. The SMILES string of the molecule is COC(=O)c1nc(NC2CCCc3sccc32)sc1C. The molecule has 0 amide bonds. The molecule has 1 N–H and O–H groups in total. The number of ether oxygens (including phenoxy) is 1. The normalized spacial score (nSPS) is 17.6. The van der Waals surface area contributed by atoms with Crippen LogP contribution in [0.15, 0.2) is 11.4 Å². The van der Waals surface area contributed by atoms with Crippen LogP contribution in [0, 0.1) is 6.92 Å². The number of hydrogen-bond donors (Lipinski definition) is 1. The van der Waals surface area contributed by atoms with Crippen molar-refractivity contribution >= 4 is 33.8 Å². The van der Waals surface area contributed by atoms with E-state index in [4.69, 9.17) is 4.74 Å². The number of carbonyl (C=O) groups excluding carboxylic acids is 1. The van der Waals surface area contributed by atoms with Crippen LogP contribution in [0.25, 0.3) is 0 Å². The molecule has 2 heterocycles. The number of thiazole rings is 1. The second kappa shape index (κ2) is 5.54. The molecule has 1 unspecified atom stereocenters. The van der Waals surface area contributed by atoms with Gasteiger partial charge < -0.3 is 10.1 Å². The fourth-order valence-corrected chi connectivity index (χ4v) is 4.37. The zero-order valence-electron chi connectivity index (χ0n) is 11.4. The van der Waals surface area contributed by atoms with Crippen molar-refractivity contribution in [2.75, 3.05) is 12.4 Å². The lowest BCUT2D eigenvalue weighted by atomic mass is 9.94. The zero-order valence-corrected chi connectivity index (χ0v) is 13.1. The third-order valence-electron chi connectivity index (χ3n) is 3.52. The predicted octanol–water partition coefficient (Wildman–Crippen LogP) is 3.79. The van der Waals surface area contributed by atoms with Crippen molar-refractivity contribution in [1.29, 1.82) is 0 Å². The molecule has 6 heteroatoms. The molecule has 3 rings (SSSR count). The van der Waals surface area contributed by atoms with Gasteiger partial charge in [-0.2, -0.15) is 0 Å². The lowest BCUT2D eigenvalue weighted by molar-refractivity contribution is 0.0594. The summed E-state index contributed by atoms with van der Waals surface area (Å²) in [7, 11) is 1.38. The molecule has 106 valence electrons. The number of fused-ring (bicyclic) bond motifs is 1. The molecule has 4 nitrogen and oxygen atoms in total. The van der Waals surface area contributed by atoms with E-state index in [2.05, 4.69) is 21.7 Å². The Kier molecular flexibility index (Phi) is 3.76. The Morgan fingerprint density at radius 3 is 3.20 bits per heavy atom. The highest BCUT2D eigenvalue weighted by atomic mass is 32.1. The van der Waals surface area contributed by atoms with Gasteiger partial charge in [-0.3, -0.25) is 0 Å². The van der Waals surface area contributed by atoms with Crippen LogP contribution in [-0.2, 0) is 11.2 Å². The maximum Gasteiger partial charge on any atom is 0.357 e. The Morgan fingerprint density at radius 1 is 1.55 bits per heavy atom. The van der Waals surface area contributed by atoms with Crippen molar-refractivity contribution in [1.82, 2.24) is 4.98 Å². The number of methoxy groups -OCH3 is 1. The van der Waals surface area contributed by atoms with E-state index in [9.17, 15) is 4.79 Å². The van der Waals surface area contributed by atoms with E-state index >= 15 is 0 Å². The molecule has 0 aromatic carbocycles. The highest BCUT2D eigenvalue weighted by Gasteiger charge is 2.23. The first-order chi connectivity index (χ1) is 9.69. The van der Waals surface area contributed by atoms with Crippen molar-refractivity contribution in [2.45, 2.75) is 32.2 Å². The summed E-state index contributed by atoms with van der Waals surface area (Å²) in [6.07, 6.45) is 3.48. The molecular formula is C14H16N2O2S2. The van der Waals surface area contributed by atoms with Crippen molar-refractivity contribution < 1.29 is 9.53 Å². The maximum absolute atomic E-state index is 11.6. The lowest BCUT2D eigenvalue weighted by Crippen LogP contribution is -2.15. The summed E-state index contributed by atoms with van der Waals surface area (Å²) in [6.45, 7) is 1.89. The van der Waals surface area contributed by atoms with E-state index in [1.165, 1.54) is 41.7 Å². The number of rotatable bonds is 3. The minimum Gasteiger partial charge on any atom is -0.464 e. The van der Waals surface area contributed by atoms with Gasteiger partial charge in [0.25, 0.3) is 0 Å². The molecule has 2 aromatic heterocycles. The van der Waals surface area contributed by atoms with Crippen molar-refractivity contribution in [3.63, 3.8) is 0 Å². The van der Waals surface area contributed by atoms with Crippen LogP contribution < -0.4 is 5.32 Å². The van der Waals surface area contributed by atoms with Gasteiger partial charge in [-0.25, -0.2) is 9.78 Å². The summed E-state index contributed by atoms with van der Waals surface area (Å²) >= 11 is 3.33. The highest BCUT2D eigenvalue weighted by Crippen LogP contribution is 2.36. The van der Waals surface area contributed by atoms with Crippen LogP contribution in [0.4, 0.5) is 5.13 Å². The topological polar surface area (TPSA) is 51.2 Å². The van der Waals surface area contributed by atoms with Gasteiger partial charge in [0, 0.05) is 9.75 Å². The molecule has 0 saturated heterocycles. The number of anilines is 1. The summed E-state index contributed by atoms with van der Waals surface area (Å²) in [5.41, 5.74) is 1.80. The number of nitrogens with zero attached hydrogens (tertiary/aromatic N) is 1. The van der Waals surface area contributed by atoms with Crippen LogP contribution in [0.2, 0.25) is 0 Å². The highest BCUT2D eigenvalue weighted by molar-refractivity contribution is 7.15. The Balaban J connectivity index is 1.81. The van der Waals surface area contributed by atoms with Gasteiger partial charge in [0.05, 0.1) is 13.2 Å². The summed E-state index contributed by atoms with van der Waals surface area (Å²) in [4.78, 5) is 18.3. The molecule has 1 aliphatic carbocycles. The first-order valence-corrected chi connectivity index (χ1v) is 8.27. The largest absolute Gasteiger partial charge is 0.464 e. The first kappa shape index (κ1) is 13.6. The Bertz CT molecular complexity index is 633. The Hall–Kier alpha value is -1.40. The van der Waals surface area contributed by atoms with Gasteiger partial charge >= 0.3 is 5.97 Å². The summed E-state index contributed by atoms with van der Waals surface area (Å²) in [5, 5.41) is 6.42. The van der Waals surface area contributed by atoms with Crippen LogP contribution >= 0.6 is 22.7 Å². The zero-order chi connectivity index (χ0) is 14.1. The average molecular weight is 308 g/mol. The van der Waals surface area contributed by atoms with Crippen molar-refractivity contribution in [2.24, 2.45) is 0 Å². The van der Waals surface area contributed by atoms with Gasteiger partial charge in [-0.05, 0) is 43.2 Å². The van der Waals surface area contributed by atoms with Crippen LogP contribution in [-0.4, -0.2) is 18.1 Å². The van der Waals surface area contributed by atoms with Crippen LogP contribution in [0.5, 0.6) is 0 Å². The second-order valence-corrected chi connectivity index (χ2v) is 7.01. The minimum atomic E-state index is -0.369. The number of carbonyl (C=O) groups is 1. The minimum absolute atomic E-state index is 0.307. The van der Waals surface area contributed by atoms with E-state index in [1.54, 1.807) is 0 Å². The maximum atomic E-state index is 11.6. The molecule has 1 atom stereocenters. The summed E-state index contributed by atoms with van der Waals surface area (Å²) < 4.78 is 4.74. The molecular weight excluding hydrogens is 292 g/mol. The predicted molar refractivity (Wildman–Crippen MR) is 81.8 cm³/mol. The fraction of sp³-hybridized carbons (Fsp3) is 0.429. The van der Waals surface area contributed by atoms with Gasteiger partial charge in [-0.15, -0.1) is 22.7 Å². The van der Waals surface area contributed by atoms with Crippen molar-refractivity contribution in [3.8, 4) is 0 Å². The van der Waals surface area contributed by atoms with E-state index in [0.29, 0.717) is 11.7 Å². The molecule has 0 spiro atoms. The average Bonchev–Trinajstić information content (AvgIpc) is 3.05. The van der Waals surface area contributed by atoms with Gasteiger partial charge in [-0.1, -0.05) is 0 Å². The number of nitrogens with one attached hydrogen (secondary N) is 1. The number of aromatic nitrogens is 1. The molecule has 1 aliphatic rings. The van der Waals surface area contributed by atoms with E-state index in [1.807, 2.05) is 18.3 Å². The number of esters is 1. The number of aryl methyl sites for hydroxylation is 2. The van der Waals surface area contributed by atoms with E-state index in [0.717, 1.165) is 16.4 Å².